The molecule has 1 amide bonds. The normalized spacial score (nSPS) is 12.6. The molecule has 2 rings (SSSR count). The highest BCUT2D eigenvalue weighted by molar-refractivity contribution is 5.89. The van der Waals surface area contributed by atoms with Gasteiger partial charge < -0.3 is 9.84 Å². The van der Waals surface area contributed by atoms with Gasteiger partial charge in [-0.1, -0.05) is 45.0 Å². The number of nitrogens with one attached hydrogen (secondary N) is 1. The summed E-state index contributed by atoms with van der Waals surface area (Å²) in [5.41, 5.74) is 4.52. The molecule has 2 aromatic rings. The van der Waals surface area contributed by atoms with Crippen molar-refractivity contribution >= 4 is 18.1 Å². The lowest BCUT2D eigenvalue weighted by Crippen LogP contribution is -2.33. The summed E-state index contributed by atoms with van der Waals surface area (Å²) >= 11 is 0. The van der Waals surface area contributed by atoms with Crippen LogP contribution in [-0.2, 0) is 10.2 Å². The van der Waals surface area contributed by atoms with Gasteiger partial charge in [0, 0.05) is 0 Å². The summed E-state index contributed by atoms with van der Waals surface area (Å²) in [7, 11) is 0. The van der Waals surface area contributed by atoms with Gasteiger partial charge in [-0.2, -0.15) is 5.10 Å². The number of carboxylic acids is 1. The van der Waals surface area contributed by atoms with Gasteiger partial charge in [0.15, 0.2) is 6.10 Å². The van der Waals surface area contributed by atoms with Gasteiger partial charge in [0.25, 0.3) is 5.91 Å². The Morgan fingerprint density at radius 2 is 1.67 bits per heavy atom. The molecule has 0 radical (unpaired) electrons. The molecule has 6 heteroatoms. The summed E-state index contributed by atoms with van der Waals surface area (Å²) in [5, 5.41) is 12.7. The van der Waals surface area contributed by atoms with Gasteiger partial charge in [-0.15, -0.1) is 0 Å². The maximum atomic E-state index is 12.1. The zero-order valence-corrected chi connectivity index (χ0v) is 15.9. The van der Waals surface area contributed by atoms with Crippen LogP contribution < -0.4 is 10.2 Å². The van der Waals surface area contributed by atoms with Crippen LogP contribution in [0.1, 0.15) is 49.2 Å². The Morgan fingerprint density at radius 1 is 1.07 bits per heavy atom. The third-order valence-electron chi connectivity index (χ3n) is 3.95. The van der Waals surface area contributed by atoms with Gasteiger partial charge in [0.05, 0.1) is 11.8 Å². The first-order valence-corrected chi connectivity index (χ1v) is 8.60. The summed E-state index contributed by atoms with van der Waals surface area (Å²) in [4.78, 5) is 22.9. The predicted molar refractivity (Wildman–Crippen MR) is 104 cm³/mol. The van der Waals surface area contributed by atoms with E-state index in [0.717, 1.165) is 0 Å². The first kappa shape index (κ1) is 20.2. The molecule has 1 unspecified atom stereocenters. The molecule has 1 atom stereocenters. The van der Waals surface area contributed by atoms with Crippen LogP contribution in [0.25, 0.3) is 0 Å². The van der Waals surface area contributed by atoms with Crippen LogP contribution in [-0.4, -0.2) is 29.3 Å². The molecule has 0 aliphatic heterocycles. The molecule has 2 aromatic carbocycles. The quantitative estimate of drug-likeness (QED) is 0.602. The van der Waals surface area contributed by atoms with E-state index in [4.69, 9.17) is 9.84 Å². The Morgan fingerprint density at radius 3 is 2.19 bits per heavy atom. The second kappa shape index (κ2) is 8.49. The van der Waals surface area contributed by atoms with Crippen LogP contribution in [0.4, 0.5) is 0 Å². The number of ether oxygens (including phenoxy) is 1. The van der Waals surface area contributed by atoms with E-state index < -0.39 is 12.1 Å². The third-order valence-corrected chi connectivity index (χ3v) is 3.95. The number of hydrazone groups is 1. The van der Waals surface area contributed by atoms with E-state index in [0.29, 0.717) is 11.3 Å². The minimum Gasteiger partial charge on any atom is -0.481 e. The topological polar surface area (TPSA) is 88.0 Å². The SMILES string of the molecule is CC(Oc1ccc(C(C)(C)C)cc1)C(=O)N/N=C/c1ccc(C(=O)O)cc1. The first-order chi connectivity index (χ1) is 12.7. The number of amides is 1. The predicted octanol–water partition coefficient (Wildman–Crippen LogP) is 3.60. The average molecular weight is 368 g/mol. The van der Waals surface area contributed by atoms with Crippen molar-refractivity contribution in [1.82, 2.24) is 5.43 Å². The van der Waals surface area contributed by atoms with E-state index in [1.165, 1.54) is 23.9 Å². The molecule has 0 spiro atoms. The number of nitrogens with zero attached hydrogens (tertiary/aromatic N) is 1. The average Bonchev–Trinajstić information content (AvgIpc) is 2.61. The maximum Gasteiger partial charge on any atom is 0.335 e. The highest BCUT2D eigenvalue weighted by Gasteiger charge is 2.16. The Kier molecular flexibility index (Phi) is 6.34. The Bertz CT molecular complexity index is 819. The van der Waals surface area contributed by atoms with Gasteiger partial charge in [-0.3, -0.25) is 4.79 Å². The summed E-state index contributed by atoms with van der Waals surface area (Å²) in [6.45, 7) is 8.04. The number of carboxylic acid groups (broad SMARTS) is 1. The van der Waals surface area contributed by atoms with E-state index >= 15 is 0 Å². The fourth-order valence-corrected chi connectivity index (χ4v) is 2.26. The summed E-state index contributed by atoms with van der Waals surface area (Å²) in [6, 6.07) is 13.8. The fourth-order valence-electron chi connectivity index (χ4n) is 2.26. The molecule has 0 aliphatic rings. The van der Waals surface area contributed by atoms with Crippen molar-refractivity contribution in [2.45, 2.75) is 39.2 Å². The number of aromatic carboxylic acids is 1. The second-order valence-electron chi connectivity index (χ2n) is 7.20. The molecule has 0 aliphatic carbocycles. The molecule has 0 bridgehead atoms. The number of hydrogen-bond donors (Lipinski definition) is 2. The minimum atomic E-state index is -0.992. The van der Waals surface area contributed by atoms with Crippen LogP contribution >= 0.6 is 0 Å². The van der Waals surface area contributed by atoms with Gasteiger partial charge >= 0.3 is 5.97 Å². The third kappa shape index (κ3) is 5.95. The Hall–Kier alpha value is -3.15. The van der Waals surface area contributed by atoms with Gasteiger partial charge in [0.1, 0.15) is 5.75 Å². The van der Waals surface area contributed by atoms with Crippen molar-refractivity contribution in [2.24, 2.45) is 5.10 Å². The molecule has 0 saturated carbocycles. The summed E-state index contributed by atoms with van der Waals surface area (Å²) in [6.07, 6.45) is 0.728. The van der Waals surface area contributed by atoms with Gasteiger partial charge in [-0.25, -0.2) is 10.2 Å². The van der Waals surface area contributed by atoms with Crippen molar-refractivity contribution < 1.29 is 19.4 Å². The van der Waals surface area contributed by atoms with Crippen LogP contribution in [0, 0.1) is 0 Å². The van der Waals surface area contributed by atoms with Crippen molar-refractivity contribution in [3.63, 3.8) is 0 Å². The van der Waals surface area contributed by atoms with E-state index in [1.54, 1.807) is 19.1 Å². The first-order valence-electron chi connectivity index (χ1n) is 8.60. The fraction of sp³-hybridized carbons (Fsp3) is 0.286. The summed E-state index contributed by atoms with van der Waals surface area (Å²) < 4.78 is 5.64. The molecule has 2 N–H and O–H groups in total. The molecular weight excluding hydrogens is 344 g/mol. The standard InChI is InChI=1S/C21H24N2O4/c1-14(27-18-11-9-17(10-12-18)21(2,3)4)19(24)23-22-13-15-5-7-16(8-6-15)20(25)26/h5-14H,1-4H3,(H,23,24)(H,25,26)/b22-13+. The van der Waals surface area contributed by atoms with Crippen LogP contribution in [0.3, 0.4) is 0 Å². The number of carbonyl (C=O) groups is 2. The summed E-state index contributed by atoms with van der Waals surface area (Å²) in [5.74, 6) is -0.763. The molecular formula is C21H24N2O4. The maximum absolute atomic E-state index is 12.1. The second-order valence-corrected chi connectivity index (χ2v) is 7.20. The monoisotopic (exact) mass is 368 g/mol. The molecule has 0 fully saturated rings. The zero-order chi connectivity index (χ0) is 20.0. The van der Waals surface area contributed by atoms with E-state index in [-0.39, 0.29) is 16.9 Å². The minimum absolute atomic E-state index is 0.0545. The number of hydrogen-bond acceptors (Lipinski definition) is 4. The van der Waals surface area contributed by atoms with Gasteiger partial charge in [-0.05, 0) is 47.7 Å². The lowest BCUT2D eigenvalue weighted by atomic mass is 9.87. The molecule has 0 heterocycles. The van der Waals surface area contributed by atoms with E-state index in [2.05, 4.69) is 31.3 Å². The molecule has 0 saturated heterocycles. The lowest BCUT2D eigenvalue weighted by Gasteiger charge is -2.19. The number of rotatable bonds is 6. The molecule has 142 valence electrons. The highest BCUT2D eigenvalue weighted by atomic mass is 16.5. The highest BCUT2D eigenvalue weighted by Crippen LogP contribution is 2.24. The largest absolute Gasteiger partial charge is 0.481 e. The number of carbonyl (C=O) groups excluding carboxylic acids is 1. The van der Waals surface area contributed by atoms with Crippen molar-refractivity contribution in [1.29, 1.82) is 0 Å². The Labute approximate surface area is 158 Å². The van der Waals surface area contributed by atoms with E-state index in [9.17, 15) is 9.59 Å². The van der Waals surface area contributed by atoms with Crippen molar-refractivity contribution in [3.8, 4) is 5.75 Å². The Balaban J connectivity index is 1.88. The van der Waals surface area contributed by atoms with E-state index in [1.807, 2.05) is 24.3 Å². The molecule has 27 heavy (non-hydrogen) atoms. The zero-order valence-electron chi connectivity index (χ0n) is 15.9. The smallest absolute Gasteiger partial charge is 0.335 e. The van der Waals surface area contributed by atoms with Gasteiger partial charge in [0.2, 0.25) is 0 Å². The molecule has 0 aromatic heterocycles. The molecule has 6 nitrogen and oxygen atoms in total. The van der Waals surface area contributed by atoms with Crippen molar-refractivity contribution in [2.75, 3.05) is 0 Å². The lowest BCUT2D eigenvalue weighted by molar-refractivity contribution is -0.127. The van der Waals surface area contributed by atoms with Crippen LogP contribution in [0.2, 0.25) is 0 Å². The van der Waals surface area contributed by atoms with Crippen molar-refractivity contribution in [3.05, 3.63) is 65.2 Å². The van der Waals surface area contributed by atoms with Crippen LogP contribution in [0.15, 0.2) is 53.6 Å². The number of benzene rings is 2. The van der Waals surface area contributed by atoms with Crippen LogP contribution in [0.5, 0.6) is 5.75 Å².